The Labute approximate surface area is 160 Å². The van der Waals surface area contributed by atoms with Gasteiger partial charge in [0.1, 0.15) is 0 Å². The molecule has 1 saturated heterocycles. The number of carbonyl (C=O) groups excluding carboxylic acids is 1. The number of carbonyl (C=O) groups is 1. The molecule has 1 amide bonds. The summed E-state index contributed by atoms with van der Waals surface area (Å²) in [6.07, 6.45) is 1.81. The molecule has 2 N–H and O–H groups in total. The zero-order valence-corrected chi connectivity index (χ0v) is 16.7. The van der Waals surface area contributed by atoms with Gasteiger partial charge in [0.25, 0.3) is 0 Å². The van der Waals surface area contributed by atoms with Crippen molar-refractivity contribution in [1.82, 2.24) is 15.6 Å². The number of methoxy groups -OCH3 is 1. The van der Waals surface area contributed by atoms with Gasteiger partial charge in [0.15, 0.2) is 5.13 Å². The van der Waals surface area contributed by atoms with Gasteiger partial charge in [-0.3, -0.25) is 4.79 Å². The third-order valence-electron chi connectivity index (χ3n) is 3.83. The van der Waals surface area contributed by atoms with E-state index in [1.165, 1.54) is 0 Å². The van der Waals surface area contributed by atoms with Crippen LogP contribution in [0, 0.1) is 12.8 Å². The molecule has 0 bridgehead atoms. The molecule has 9 heteroatoms. The third-order valence-corrected chi connectivity index (χ3v) is 4.85. The standard InChI is InChI=1S/C15H26N4O2S.2ClH/c1-12-11-22-15(18-12)19-8-3-13(4-9-19)14(20)17-6-5-16-7-10-21-2;;/h11,13,16H,3-10H2,1-2H3,(H,17,20);2*1H. The normalized spacial score (nSPS) is 14.7. The molecule has 1 aliphatic rings. The van der Waals surface area contributed by atoms with Crippen molar-refractivity contribution >= 4 is 47.2 Å². The van der Waals surface area contributed by atoms with Gasteiger partial charge < -0.3 is 20.3 Å². The van der Waals surface area contributed by atoms with Gasteiger partial charge in [-0.1, -0.05) is 0 Å². The molecule has 0 radical (unpaired) electrons. The number of anilines is 1. The second-order valence-corrected chi connectivity index (χ2v) is 6.40. The van der Waals surface area contributed by atoms with E-state index < -0.39 is 0 Å². The lowest BCUT2D eigenvalue weighted by Crippen LogP contribution is -2.42. The van der Waals surface area contributed by atoms with Crippen LogP contribution in [0.1, 0.15) is 18.5 Å². The smallest absolute Gasteiger partial charge is 0.223 e. The van der Waals surface area contributed by atoms with Crippen molar-refractivity contribution < 1.29 is 9.53 Å². The summed E-state index contributed by atoms with van der Waals surface area (Å²) >= 11 is 1.68. The van der Waals surface area contributed by atoms with Gasteiger partial charge in [-0.25, -0.2) is 4.98 Å². The van der Waals surface area contributed by atoms with Crippen molar-refractivity contribution in [2.24, 2.45) is 5.92 Å². The number of nitrogens with zero attached hydrogens (tertiary/aromatic N) is 2. The van der Waals surface area contributed by atoms with Crippen molar-refractivity contribution in [1.29, 1.82) is 0 Å². The number of piperidine rings is 1. The maximum atomic E-state index is 12.1. The third kappa shape index (κ3) is 7.53. The van der Waals surface area contributed by atoms with E-state index in [1.807, 2.05) is 6.92 Å². The molecular formula is C15H28Cl2N4O2S. The van der Waals surface area contributed by atoms with E-state index in [0.717, 1.165) is 49.8 Å². The number of ether oxygens (including phenoxy) is 1. The molecule has 2 heterocycles. The van der Waals surface area contributed by atoms with E-state index in [0.29, 0.717) is 13.2 Å². The number of thiazole rings is 1. The minimum atomic E-state index is 0. The molecule has 2 rings (SSSR count). The monoisotopic (exact) mass is 398 g/mol. The van der Waals surface area contributed by atoms with Crippen LogP contribution in [0.25, 0.3) is 0 Å². The number of hydrogen-bond acceptors (Lipinski definition) is 6. The number of hydrogen-bond donors (Lipinski definition) is 2. The Morgan fingerprint density at radius 3 is 2.62 bits per heavy atom. The lowest BCUT2D eigenvalue weighted by atomic mass is 9.96. The summed E-state index contributed by atoms with van der Waals surface area (Å²) in [7, 11) is 1.68. The minimum Gasteiger partial charge on any atom is -0.383 e. The van der Waals surface area contributed by atoms with Crippen molar-refractivity contribution in [3.63, 3.8) is 0 Å². The molecule has 1 aromatic heterocycles. The predicted octanol–water partition coefficient (Wildman–Crippen LogP) is 1.86. The molecule has 6 nitrogen and oxygen atoms in total. The van der Waals surface area contributed by atoms with Crippen molar-refractivity contribution in [3.05, 3.63) is 11.1 Å². The molecular weight excluding hydrogens is 371 g/mol. The number of aromatic nitrogens is 1. The molecule has 0 atom stereocenters. The summed E-state index contributed by atoms with van der Waals surface area (Å²) in [6, 6.07) is 0. The van der Waals surface area contributed by atoms with Crippen LogP contribution in [0.5, 0.6) is 0 Å². The van der Waals surface area contributed by atoms with Gasteiger partial charge >= 0.3 is 0 Å². The number of aryl methyl sites for hydroxylation is 1. The predicted molar refractivity (Wildman–Crippen MR) is 104 cm³/mol. The van der Waals surface area contributed by atoms with E-state index in [1.54, 1.807) is 18.4 Å². The van der Waals surface area contributed by atoms with Crippen LogP contribution in [0.4, 0.5) is 5.13 Å². The van der Waals surface area contributed by atoms with E-state index in [2.05, 4.69) is 25.9 Å². The molecule has 0 aliphatic carbocycles. The Morgan fingerprint density at radius 2 is 2.04 bits per heavy atom. The number of amides is 1. The fourth-order valence-corrected chi connectivity index (χ4v) is 3.39. The van der Waals surface area contributed by atoms with Gasteiger partial charge in [-0.05, 0) is 19.8 Å². The topological polar surface area (TPSA) is 66.5 Å². The molecule has 24 heavy (non-hydrogen) atoms. The van der Waals surface area contributed by atoms with Gasteiger partial charge in [-0.15, -0.1) is 36.2 Å². The van der Waals surface area contributed by atoms with Crippen LogP contribution >= 0.6 is 36.2 Å². The second kappa shape index (κ2) is 12.7. The highest BCUT2D eigenvalue weighted by atomic mass is 35.5. The Kier molecular flexibility index (Phi) is 12.4. The first-order valence-corrected chi connectivity index (χ1v) is 8.73. The van der Waals surface area contributed by atoms with Crippen molar-refractivity contribution in [2.45, 2.75) is 19.8 Å². The quantitative estimate of drug-likeness (QED) is 0.654. The molecule has 1 aromatic rings. The summed E-state index contributed by atoms with van der Waals surface area (Å²) in [4.78, 5) is 18.9. The Morgan fingerprint density at radius 1 is 1.33 bits per heavy atom. The SMILES string of the molecule is COCCNCCNC(=O)C1CCN(c2nc(C)cs2)CC1.Cl.Cl. The van der Waals surface area contributed by atoms with E-state index in [4.69, 9.17) is 4.74 Å². The zero-order chi connectivity index (χ0) is 15.8. The van der Waals surface area contributed by atoms with E-state index >= 15 is 0 Å². The molecule has 0 aromatic carbocycles. The summed E-state index contributed by atoms with van der Waals surface area (Å²) < 4.78 is 4.95. The van der Waals surface area contributed by atoms with Crippen LogP contribution in [0.3, 0.4) is 0 Å². The van der Waals surface area contributed by atoms with Gasteiger partial charge in [0, 0.05) is 51.1 Å². The van der Waals surface area contributed by atoms with Gasteiger partial charge in [-0.2, -0.15) is 0 Å². The van der Waals surface area contributed by atoms with Crippen LogP contribution in [0.15, 0.2) is 5.38 Å². The highest BCUT2D eigenvalue weighted by Crippen LogP contribution is 2.26. The molecule has 0 unspecified atom stereocenters. The van der Waals surface area contributed by atoms with Crippen LogP contribution in [-0.4, -0.2) is 57.3 Å². The van der Waals surface area contributed by atoms with Crippen molar-refractivity contribution in [3.8, 4) is 0 Å². The average molecular weight is 399 g/mol. The lowest BCUT2D eigenvalue weighted by Gasteiger charge is -2.31. The number of nitrogens with one attached hydrogen (secondary N) is 2. The molecule has 0 spiro atoms. The zero-order valence-electron chi connectivity index (χ0n) is 14.2. The first-order chi connectivity index (χ1) is 10.7. The Balaban J connectivity index is 0.00000264. The second-order valence-electron chi connectivity index (χ2n) is 5.57. The molecule has 140 valence electrons. The highest BCUT2D eigenvalue weighted by Gasteiger charge is 2.25. The Hall–Kier alpha value is -0.600. The van der Waals surface area contributed by atoms with Crippen molar-refractivity contribution in [2.75, 3.05) is 51.3 Å². The minimum absolute atomic E-state index is 0. The maximum absolute atomic E-state index is 12.1. The fourth-order valence-electron chi connectivity index (χ4n) is 2.54. The first kappa shape index (κ1) is 23.4. The molecule has 1 aliphatic heterocycles. The largest absolute Gasteiger partial charge is 0.383 e. The lowest BCUT2D eigenvalue weighted by molar-refractivity contribution is -0.125. The molecule has 0 saturated carbocycles. The summed E-state index contributed by atoms with van der Waals surface area (Å²) in [6.45, 7) is 6.82. The average Bonchev–Trinajstić information content (AvgIpc) is 2.97. The first-order valence-electron chi connectivity index (χ1n) is 7.85. The number of halogens is 2. The summed E-state index contributed by atoms with van der Waals surface area (Å²) in [5, 5.41) is 9.39. The Bertz CT molecular complexity index is 468. The van der Waals surface area contributed by atoms with Gasteiger partial charge in [0.05, 0.1) is 12.3 Å². The van der Waals surface area contributed by atoms with E-state index in [9.17, 15) is 4.79 Å². The van der Waals surface area contributed by atoms with Crippen LogP contribution in [0.2, 0.25) is 0 Å². The van der Waals surface area contributed by atoms with Crippen LogP contribution < -0.4 is 15.5 Å². The highest BCUT2D eigenvalue weighted by molar-refractivity contribution is 7.13. The summed E-state index contributed by atoms with van der Waals surface area (Å²) in [5.41, 5.74) is 1.07. The summed E-state index contributed by atoms with van der Waals surface area (Å²) in [5.74, 6) is 0.319. The van der Waals surface area contributed by atoms with Gasteiger partial charge in [0.2, 0.25) is 5.91 Å². The number of rotatable bonds is 8. The van der Waals surface area contributed by atoms with E-state index in [-0.39, 0.29) is 36.6 Å². The fraction of sp³-hybridized carbons (Fsp3) is 0.733. The maximum Gasteiger partial charge on any atom is 0.223 e. The molecule has 1 fully saturated rings. The van der Waals surface area contributed by atoms with Crippen LogP contribution in [-0.2, 0) is 9.53 Å².